The highest BCUT2D eigenvalue weighted by Crippen LogP contribution is 2.29. The maximum absolute atomic E-state index is 12.5. The molecular formula is C15H20ClN3O. The summed E-state index contributed by atoms with van der Waals surface area (Å²) in [6.45, 7) is 1.79. The average molecular weight is 294 g/mol. The number of rotatable bonds is 2. The molecule has 1 amide bonds. The molecule has 2 unspecified atom stereocenters. The number of carbonyl (C=O) groups excluding carboxylic acids is 1. The SMILES string of the molecule is O=C(C1CC(c2ccccc2Cl)NN1)N1CCCCC1. The molecule has 2 aliphatic rings. The molecule has 0 aliphatic carbocycles. The maximum Gasteiger partial charge on any atom is 0.241 e. The Balaban J connectivity index is 1.64. The van der Waals surface area contributed by atoms with Crippen LogP contribution in [0, 0.1) is 0 Å². The number of piperidine rings is 1. The lowest BCUT2D eigenvalue weighted by Crippen LogP contribution is -2.47. The highest BCUT2D eigenvalue weighted by atomic mass is 35.5. The summed E-state index contributed by atoms with van der Waals surface area (Å²) in [5.41, 5.74) is 7.38. The third kappa shape index (κ3) is 2.82. The first kappa shape index (κ1) is 13.9. The van der Waals surface area contributed by atoms with Crippen LogP contribution >= 0.6 is 11.6 Å². The molecule has 1 aromatic carbocycles. The van der Waals surface area contributed by atoms with E-state index in [2.05, 4.69) is 10.9 Å². The van der Waals surface area contributed by atoms with Crippen molar-refractivity contribution >= 4 is 17.5 Å². The number of hydrogen-bond donors (Lipinski definition) is 2. The number of amides is 1. The Morgan fingerprint density at radius 1 is 1.15 bits per heavy atom. The van der Waals surface area contributed by atoms with Gasteiger partial charge in [0.05, 0.1) is 0 Å². The number of nitrogens with zero attached hydrogens (tertiary/aromatic N) is 1. The van der Waals surface area contributed by atoms with E-state index in [4.69, 9.17) is 11.6 Å². The molecule has 2 heterocycles. The highest BCUT2D eigenvalue weighted by molar-refractivity contribution is 6.31. The van der Waals surface area contributed by atoms with Gasteiger partial charge in [0.15, 0.2) is 0 Å². The smallest absolute Gasteiger partial charge is 0.241 e. The van der Waals surface area contributed by atoms with E-state index in [1.807, 2.05) is 29.2 Å². The van der Waals surface area contributed by atoms with Crippen molar-refractivity contribution in [2.75, 3.05) is 13.1 Å². The average Bonchev–Trinajstić information content (AvgIpc) is 2.97. The molecule has 108 valence electrons. The lowest BCUT2D eigenvalue weighted by Gasteiger charge is -2.28. The Morgan fingerprint density at radius 2 is 1.90 bits per heavy atom. The second-order valence-electron chi connectivity index (χ2n) is 5.54. The number of hydrazine groups is 1. The van der Waals surface area contributed by atoms with Crippen LogP contribution < -0.4 is 10.9 Å². The van der Waals surface area contributed by atoms with Crippen molar-refractivity contribution in [3.63, 3.8) is 0 Å². The Kier molecular flexibility index (Phi) is 4.24. The van der Waals surface area contributed by atoms with Crippen LogP contribution in [-0.4, -0.2) is 29.9 Å². The van der Waals surface area contributed by atoms with E-state index < -0.39 is 0 Å². The molecular weight excluding hydrogens is 274 g/mol. The fourth-order valence-electron chi connectivity index (χ4n) is 3.01. The summed E-state index contributed by atoms with van der Waals surface area (Å²) in [5.74, 6) is 0.215. The zero-order valence-electron chi connectivity index (χ0n) is 11.4. The Hall–Kier alpha value is -1.10. The van der Waals surface area contributed by atoms with Crippen molar-refractivity contribution in [3.05, 3.63) is 34.9 Å². The lowest BCUT2D eigenvalue weighted by atomic mass is 10.0. The van der Waals surface area contributed by atoms with Gasteiger partial charge >= 0.3 is 0 Å². The van der Waals surface area contributed by atoms with Gasteiger partial charge in [0, 0.05) is 24.2 Å². The maximum atomic E-state index is 12.5. The van der Waals surface area contributed by atoms with E-state index in [0.29, 0.717) is 0 Å². The molecule has 1 aromatic rings. The van der Waals surface area contributed by atoms with E-state index in [0.717, 1.165) is 42.9 Å². The van der Waals surface area contributed by atoms with Crippen LogP contribution in [0.25, 0.3) is 0 Å². The summed E-state index contributed by atoms with van der Waals surface area (Å²) in [6, 6.07) is 7.75. The van der Waals surface area contributed by atoms with Gasteiger partial charge in [0.2, 0.25) is 5.91 Å². The third-order valence-electron chi connectivity index (χ3n) is 4.15. The predicted octanol–water partition coefficient (Wildman–Crippen LogP) is 2.26. The molecule has 2 aliphatic heterocycles. The summed E-state index contributed by atoms with van der Waals surface area (Å²) in [7, 11) is 0. The molecule has 0 aromatic heterocycles. The minimum absolute atomic E-state index is 0.0995. The normalized spacial score (nSPS) is 26.8. The van der Waals surface area contributed by atoms with Crippen molar-refractivity contribution < 1.29 is 4.79 Å². The number of benzene rings is 1. The largest absolute Gasteiger partial charge is 0.341 e. The molecule has 0 radical (unpaired) electrons. The van der Waals surface area contributed by atoms with Crippen molar-refractivity contribution in [2.45, 2.75) is 37.8 Å². The summed E-state index contributed by atoms with van der Waals surface area (Å²) in [5, 5.41) is 0.748. The van der Waals surface area contributed by atoms with E-state index >= 15 is 0 Å². The Morgan fingerprint density at radius 3 is 2.65 bits per heavy atom. The molecule has 0 bridgehead atoms. The first-order chi connectivity index (χ1) is 9.75. The van der Waals surface area contributed by atoms with Crippen molar-refractivity contribution in [3.8, 4) is 0 Å². The van der Waals surface area contributed by atoms with Crippen LogP contribution in [0.1, 0.15) is 37.3 Å². The van der Waals surface area contributed by atoms with Crippen LogP contribution in [-0.2, 0) is 4.79 Å². The number of carbonyl (C=O) groups is 1. The zero-order valence-corrected chi connectivity index (χ0v) is 12.2. The van der Waals surface area contributed by atoms with Gasteiger partial charge in [-0.2, -0.15) is 0 Å². The van der Waals surface area contributed by atoms with Gasteiger partial charge in [0.1, 0.15) is 6.04 Å². The third-order valence-corrected chi connectivity index (χ3v) is 4.49. The number of hydrogen-bond acceptors (Lipinski definition) is 3. The van der Waals surface area contributed by atoms with E-state index in [-0.39, 0.29) is 18.0 Å². The van der Waals surface area contributed by atoms with Crippen LogP contribution in [0.4, 0.5) is 0 Å². The first-order valence-corrected chi connectivity index (χ1v) is 7.68. The van der Waals surface area contributed by atoms with Crippen molar-refractivity contribution in [1.29, 1.82) is 0 Å². The van der Waals surface area contributed by atoms with Gasteiger partial charge in [0.25, 0.3) is 0 Å². The second kappa shape index (κ2) is 6.12. The number of nitrogens with one attached hydrogen (secondary N) is 2. The molecule has 3 rings (SSSR count). The minimum atomic E-state index is -0.144. The lowest BCUT2D eigenvalue weighted by molar-refractivity contribution is -0.134. The molecule has 2 N–H and O–H groups in total. The first-order valence-electron chi connectivity index (χ1n) is 7.30. The van der Waals surface area contributed by atoms with Gasteiger partial charge < -0.3 is 4.90 Å². The monoisotopic (exact) mass is 293 g/mol. The molecule has 0 spiro atoms. The minimum Gasteiger partial charge on any atom is -0.341 e. The highest BCUT2D eigenvalue weighted by Gasteiger charge is 2.33. The quantitative estimate of drug-likeness (QED) is 0.879. The van der Waals surface area contributed by atoms with E-state index in [1.165, 1.54) is 6.42 Å². The fraction of sp³-hybridized carbons (Fsp3) is 0.533. The number of halogens is 1. The Bertz CT molecular complexity index is 488. The van der Waals surface area contributed by atoms with Crippen LogP contribution in [0.15, 0.2) is 24.3 Å². The van der Waals surface area contributed by atoms with Gasteiger partial charge in [-0.15, -0.1) is 0 Å². The molecule has 2 atom stereocenters. The van der Waals surface area contributed by atoms with E-state index in [9.17, 15) is 4.79 Å². The molecule has 2 saturated heterocycles. The van der Waals surface area contributed by atoms with Crippen LogP contribution in [0.5, 0.6) is 0 Å². The summed E-state index contributed by atoms with van der Waals surface area (Å²) < 4.78 is 0. The van der Waals surface area contributed by atoms with Crippen LogP contribution in [0.3, 0.4) is 0 Å². The summed E-state index contributed by atoms with van der Waals surface area (Å²) in [6.07, 6.45) is 4.24. The number of likely N-dealkylation sites (tertiary alicyclic amines) is 1. The van der Waals surface area contributed by atoms with Crippen molar-refractivity contribution in [2.24, 2.45) is 0 Å². The molecule has 2 fully saturated rings. The Labute approximate surface area is 124 Å². The fourth-order valence-corrected chi connectivity index (χ4v) is 3.28. The zero-order chi connectivity index (χ0) is 13.9. The van der Waals surface area contributed by atoms with Gasteiger partial charge in [-0.25, -0.2) is 10.9 Å². The summed E-state index contributed by atoms with van der Waals surface area (Å²) >= 11 is 6.22. The molecule has 4 nitrogen and oxygen atoms in total. The van der Waals surface area contributed by atoms with Gasteiger partial charge in [-0.1, -0.05) is 29.8 Å². The molecule has 5 heteroatoms. The molecule has 20 heavy (non-hydrogen) atoms. The second-order valence-corrected chi connectivity index (χ2v) is 5.94. The van der Waals surface area contributed by atoms with Crippen LogP contribution in [0.2, 0.25) is 5.02 Å². The van der Waals surface area contributed by atoms with Gasteiger partial charge in [-0.05, 0) is 37.3 Å². The summed E-state index contributed by atoms with van der Waals surface area (Å²) in [4.78, 5) is 14.4. The topological polar surface area (TPSA) is 44.4 Å². The predicted molar refractivity (Wildman–Crippen MR) is 79.3 cm³/mol. The van der Waals surface area contributed by atoms with Gasteiger partial charge in [-0.3, -0.25) is 4.79 Å². The molecule has 0 saturated carbocycles. The standard InChI is InChI=1S/C15H20ClN3O/c16-12-7-3-2-6-11(12)13-10-14(18-17-13)15(20)19-8-4-1-5-9-19/h2-3,6-7,13-14,17-18H,1,4-5,8-10H2. The van der Waals surface area contributed by atoms with Crippen molar-refractivity contribution in [1.82, 2.24) is 15.8 Å². The van der Waals surface area contributed by atoms with E-state index in [1.54, 1.807) is 0 Å².